The average Bonchev–Trinajstić information content (AvgIpc) is 2.13. The zero-order valence-electron chi connectivity index (χ0n) is 10.0. The molecule has 0 spiro atoms. The van der Waals surface area contributed by atoms with Crippen LogP contribution in [0.4, 0.5) is 0 Å². The molecular weight excluding hydrogens is 188 g/mol. The fraction of sp³-hybridized carbons (Fsp3) is 0.538. The van der Waals surface area contributed by atoms with E-state index in [1.54, 1.807) is 6.08 Å². The molecule has 0 rings (SSSR count). The first kappa shape index (κ1) is 13.8. The number of rotatable bonds is 6. The zero-order chi connectivity index (χ0) is 11.8. The van der Waals surface area contributed by atoms with Gasteiger partial charge in [0, 0.05) is 12.3 Å². The summed E-state index contributed by atoms with van der Waals surface area (Å²) in [5.74, 6) is 0.446. The minimum Gasteiger partial charge on any atom is -0.299 e. The predicted octanol–water partition coefficient (Wildman–Crippen LogP) is 3.08. The highest BCUT2D eigenvalue weighted by Gasteiger charge is 2.06. The quantitative estimate of drug-likeness (QED) is 0.496. The summed E-state index contributed by atoms with van der Waals surface area (Å²) in [7, 11) is 0. The van der Waals surface area contributed by atoms with Crippen LogP contribution < -0.4 is 0 Å². The molecule has 2 heteroatoms. The van der Waals surface area contributed by atoms with E-state index in [-0.39, 0.29) is 11.7 Å². The predicted molar refractivity (Wildman–Crippen MR) is 62.7 cm³/mol. The first-order chi connectivity index (χ1) is 6.93. The third kappa shape index (κ3) is 7.86. The standard InChI is InChI=1S/C13H20O2/c1-10(2)13(15)9-8-11(3)6-5-7-12(4)14/h5-7,10H,8-9H2,1-4H3. The van der Waals surface area contributed by atoms with Crippen LogP contribution in [0.15, 0.2) is 23.8 Å². The van der Waals surface area contributed by atoms with Gasteiger partial charge in [0.15, 0.2) is 5.78 Å². The number of hydrogen-bond donors (Lipinski definition) is 0. The van der Waals surface area contributed by atoms with Crippen LogP contribution >= 0.6 is 0 Å². The van der Waals surface area contributed by atoms with E-state index in [1.807, 2.05) is 26.8 Å². The van der Waals surface area contributed by atoms with Crippen molar-refractivity contribution in [2.45, 2.75) is 40.5 Å². The minimum atomic E-state index is 0.0392. The molecule has 0 bridgehead atoms. The van der Waals surface area contributed by atoms with Gasteiger partial charge >= 0.3 is 0 Å². The smallest absolute Gasteiger partial charge is 0.152 e. The molecule has 0 N–H and O–H groups in total. The number of hydrogen-bond acceptors (Lipinski definition) is 2. The van der Waals surface area contributed by atoms with Gasteiger partial charge in [0.25, 0.3) is 0 Å². The van der Waals surface area contributed by atoms with Crippen LogP contribution in [0.3, 0.4) is 0 Å². The maximum atomic E-state index is 11.3. The first-order valence-electron chi connectivity index (χ1n) is 5.30. The maximum absolute atomic E-state index is 11.3. The first-order valence-corrected chi connectivity index (χ1v) is 5.30. The third-order valence-electron chi connectivity index (χ3n) is 2.12. The van der Waals surface area contributed by atoms with Crippen molar-refractivity contribution in [1.29, 1.82) is 0 Å². The topological polar surface area (TPSA) is 34.1 Å². The van der Waals surface area contributed by atoms with Crippen molar-refractivity contribution in [2.75, 3.05) is 0 Å². The molecule has 0 unspecified atom stereocenters. The van der Waals surface area contributed by atoms with Gasteiger partial charge < -0.3 is 0 Å². The Morgan fingerprint density at radius 2 is 1.73 bits per heavy atom. The lowest BCUT2D eigenvalue weighted by molar-refractivity contribution is -0.121. The van der Waals surface area contributed by atoms with Gasteiger partial charge in [-0.3, -0.25) is 9.59 Å². The fourth-order valence-electron chi connectivity index (χ4n) is 1.04. The summed E-state index contributed by atoms with van der Waals surface area (Å²) in [6, 6.07) is 0. The van der Waals surface area contributed by atoms with Gasteiger partial charge in [-0.2, -0.15) is 0 Å². The van der Waals surface area contributed by atoms with Crippen LogP contribution in [0.5, 0.6) is 0 Å². The largest absolute Gasteiger partial charge is 0.299 e. The lowest BCUT2D eigenvalue weighted by Crippen LogP contribution is -2.06. The van der Waals surface area contributed by atoms with Crippen LogP contribution in [-0.4, -0.2) is 11.6 Å². The SMILES string of the molecule is CC(=O)C=CC=C(C)CCC(=O)C(C)C. The molecule has 0 aliphatic carbocycles. The lowest BCUT2D eigenvalue weighted by Gasteiger charge is -2.03. The van der Waals surface area contributed by atoms with Gasteiger partial charge in [0.2, 0.25) is 0 Å². The van der Waals surface area contributed by atoms with E-state index in [4.69, 9.17) is 0 Å². The Labute approximate surface area is 92.1 Å². The van der Waals surface area contributed by atoms with E-state index in [2.05, 4.69) is 0 Å². The molecule has 0 heterocycles. The number of carbonyl (C=O) groups excluding carboxylic acids is 2. The molecule has 0 radical (unpaired) electrons. The van der Waals surface area contributed by atoms with Gasteiger partial charge in [0.05, 0.1) is 0 Å². The highest BCUT2D eigenvalue weighted by molar-refractivity contribution is 5.87. The van der Waals surface area contributed by atoms with Crippen molar-refractivity contribution in [1.82, 2.24) is 0 Å². The molecule has 0 aromatic rings. The van der Waals surface area contributed by atoms with Crippen molar-refractivity contribution in [3.8, 4) is 0 Å². The zero-order valence-corrected chi connectivity index (χ0v) is 10.0. The van der Waals surface area contributed by atoms with Crippen LogP contribution in [0.25, 0.3) is 0 Å². The Hall–Kier alpha value is -1.18. The van der Waals surface area contributed by atoms with Crippen molar-refractivity contribution >= 4 is 11.6 Å². The molecule has 0 saturated heterocycles. The summed E-state index contributed by atoms with van der Waals surface area (Å²) in [6.45, 7) is 7.31. The van der Waals surface area contributed by atoms with E-state index in [9.17, 15) is 9.59 Å². The summed E-state index contributed by atoms with van der Waals surface area (Å²) in [6.07, 6.45) is 6.51. The summed E-state index contributed by atoms with van der Waals surface area (Å²) in [5, 5.41) is 0. The third-order valence-corrected chi connectivity index (χ3v) is 2.12. The summed E-state index contributed by atoms with van der Waals surface area (Å²) in [4.78, 5) is 21.9. The van der Waals surface area contributed by atoms with E-state index in [0.717, 1.165) is 12.0 Å². The Balaban J connectivity index is 3.98. The monoisotopic (exact) mass is 208 g/mol. The van der Waals surface area contributed by atoms with Crippen molar-refractivity contribution in [3.63, 3.8) is 0 Å². The van der Waals surface area contributed by atoms with Crippen LogP contribution in [0.2, 0.25) is 0 Å². The highest BCUT2D eigenvalue weighted by atomic mass is 16.1. The Morgan fingerprint density at radius 1 is 1.13 bits per heavy atom. The molecule has 0 atom stereocenters. The number of allylic oxidation sites excluding steroid dienone is 4. The second kappa shape index (κ2) is 7.16. The molecule has 0 saturated carbocycles. The molecule has 0 aliphatic rings. The van der Waals surface area contributed by atoms with Gasteiger partial charge in [0.1, 0.15) is 5.78 Å². The molecule has 0 fully saturated rings. The summed E-state index contributed by atoms with van der Waals surface area (Å²) in [5.41, 5.74) is 1.13. The number of Topliss-reactive ketones (excluding diaryl/α,β-unsaturated/α-hetero) is 1. The number of carbonyl (C=O) groups is 2. The van der Waals surface area contributed by atoms with Crippen molar-refractivity contribution < 1.29 is 9.59 Å². The van der Waals surface area contributed by atoms with Crippen LogP contribution in [0, 0.1) is 5.92 Å². The average molecular weight is 208 g/mol. The molecular formula is C13H20O2. The van der Waals surface area contributed by atoms with E-state index >= 15 is 0 Å². The van der Waals surface area contributed by atoms with Crippen LogP contribution in [-0.2, 0) is 9.59 Å². The van der Waals surface area contributed by atoms with Gasteiger partial charge in [-0.15, -0.1) is 0 Å². The summed E-state index contributed by atoms with van der Waals surface area (Å²) >= 11 is 0. The molecule has 0 aromatic carbocycles. The van der Waals surface area contributed by atoms with Crippen molar-refractivity contribution in [3.05, 3.63) is 23.8 Å². The highest BCUT2D eigenvalue weighted by Crippen LogP contribution is 2.08. The lowest BCUT2D eigenvalue weighted by atomic mass is 10.0. The molecule has 0 aliphatic heterocycles. The Morgan fingerprint density at radius 3 is 2.20 bits per heavy atom. The minimum absolute atomic E-state index is 0.0392. The van der Waals surface area contributed by atoms with Crippen LogP contribution in [0.1, 0.15) is 40.5 Å². The van der Waals surface area contributed by atoms with E-state index in [0.29, 0.717) is 12.2 Å². The van der Waals surface area contributed by atoms with Gasteiger partial charge in [-0.25, -0.2) is 0 Å². The molecule has 0 amide bonds. The summed E-state index contributed by atoms with van der Waals surface area (Å²) < 4.78 is 0. The molecule has 15 heavy (non-hydrogen) atoms. The van der Waals surface area contributed by atoms with E-state index in [1.165, 1.54) is 13.0 Å². The van der Waals surface area contributed by atoms with Gasteiger partial charge in [-0.05, 0) is 26.3 Å². The Bertz CT molecular complexity index is 283. The second-order valence-corrected chi connectivity index (χ2v) is 4.10. The normalized spacial score (nSPS) is 12.5. The van der Waals surface area contributed by atoms with Crippen molar-refractivity contribution in [2.24, 2.45) is 5.92 Å². The van der Waals surface area contributed by atoms with E-state index < -0.39 is 0 Å². The number of ketones is 2. The second-order valence-electron chi connectivity index (χ2n) is 4.10. The maximum Gasteiger partial charge on any atom is 0.152 e. The molecule has 0 aromatic heterocycles. The fourth-order valence-corrected chi connectivity index (χ4v) is 1.04. The molecule has 2 nitrogen and oxygen atoms in total. The molecule has 84 valence electrons. The Kier molecular flexibility index (Phi) is 6.59. The van der Waals surface area contributed by atoms with Gasteiger partial charge in [-0.1, -0.05) is 31.6 Å².